The van der Waals surface area contributed by atoms with Crippen LogP contribution in [0.4, 0.5) is 0 Å². The van der Waals surface area contributed by atoms with Crippen LogP contribution in [0.25, 0.3) is 0 Å². The summed E-state index contributed by atoms with van der Waals surface area (Å²) in [5.74, 6) is 1.66. The molecule has 2 aromatic rings. The van der Waals surface area contributed by atoms with Gasteiger partial charge in [-0.15, -0.1) is 0 Å². The number of rotatable bonds is 5. The Morgan fingerprint density at radius 3 is 2.68 bits per heavy atom. The Morgan fingerprint density at radius 1 is 1.05 bits per heavy atom. The lowest BCUT2D eigenvalue weighted by Crippen LogP contribution is -2.08. The van der Waals surface area contributed by atoms with E-state index in [0.717, 1.165) is 30.2 Å². The Hall–Kier alpha value is -1.83. The monoisotopic (exact) mass is 295 g/mol. The summed E-state index contributed by atoms with van der Waals surface area (Å²) in [5, 5.41) is 0. The Kier molecular flexibility index (Phi) is 5.10. The molecule has 3 rings (SSSR count). The lowest BCUT2D eigenvalue weighted by Gasteiger charge is -2.24. The van der Waals surface area contributed by atoms with Crippen LogP contribution in [-0.4, -0.2) is 12.1 Å². The van der Waals surface area contributed by atoms with Gasteiger partial charge in [0.05, 0.1) is 7.11 Å². The molecule has 1 heterocycles. The summed E-state index contributed by atoms with van der Waals surface area (Å²) in [5.41, 5.74) is 4.18. The maximum absolute atomic E-state index is 5.29. The first-order valence-corrected chi connectivity index (χ1v) is 8.43. The molecule has 0 amide bonds. The zero-order valence-corrected chi connectivity index (χ0v) is 13.4. The summed E-state index contributed by atoms with van der Waals surface area (Å²) in [6.45, 7) is 0. The quantitative estimate of drug-likeness (QED) is 0.781. The topological polar surface area (TPSA) is 22.1 Å². The smallest absolute Gasteiger partial charge is 0.122 e. The third kappa shape index (κ3) is 3.68. The third-order valence-electron chi connectivity index (χ3n) is 4.77. The molecule has 1 aromatic heterocycles. The molecule has 1 fully saturated rings. The van der Waals surface area contributed by atoms with Gasteiger partial charge in [0.2, 0.25) is 0 Å². The predicted octanol–water partition coefficient (Wildman–Crippen LogP) is 4.92. The van der Waals surface area contributed by atoms with Crippen molar-refractivity contribution in [1.29, 1.82) is 0 Å². The van der Waals surface area contributed by atoms with Gasteiger partial charge in [-0.2, -0.15) is 0 Å². The van der Waals surface area contributed by atoms with Crippen molar-refractivity contribution in [2.24, 2.45) is 0 Å². The normalized spacial score (nSPS) is 15.7. The molecule has 116 valence electrons. The summed E-state index contributed by atoms with van der Waals surface area (Å²) in [6.07, 6.45) is 10.8. The minimum atomic E-state index is 0.767. The predicted molar refractivity (Wildman–Crippen MR) is 90.5 cm³/mol. The number of hydrogen-bond donors (Lipinski definition) is 0. The highest BCUT2D eigenvalue weighted by molar-refractivity contribution is 5.32. The van der Waals surface area contributed by atoms with E-state index in [1.807, 2.05) is 18.3 Å². The van der Waals surface area contributed by atoms with Gasteiger partial charge in [0.1, 0.15) is 5.75 Å². The van der Waals surface area contributed by atoms with E-state index < -0.39 is 0 Å². The molecular formula is C20H25NO. The molecule has 0 atom stereocenters. The highest BCUT2D eigenvalue weighted by Gasteiger charge is 2.17. The Balaban J connectivity index is 1.71. The van der Waals surface area contributed by atoms with Crippen LogP contribution in [-0.2, 0) is 12.8 Å². The molecule has 1 saturated carbocycles. The highest BCUT2D eigenvalue weighted by atomic mass is 16.5. The second-order valence-electron chi connectivity index (χ2n) is 6.22. The van der Waals surface area contributed by atoms with Gasteiger partial charge in [-0.25, -0.2) is 0 Å². The van der Waals surface area contributed by atoms with E-state index in [1.165, 1.54) is 37.7 Å². The lowest BCUT2D eigenvalue weighted by molar-refractivity contribution is 0.413. The molecule has 22 heavy (non-hydrogen) atoms. The minimum Gasteiger partial charge on any atom is -0.497 e. The molecule has 0 N–H and O–H groups in total. The first-order chi connectivity index (χ1) is 10.9. The molecule has 0 radical (unpaired) electrons. The van der Waals surface area contributed by atoms with Crippen LogP contribution in [0.5, 0.6) is 5.75 Å². The number of ether oxygens (including phenoxy) is 1. The average Bonchev–Trinajstić information content (AvgIpc) is 2.61. The van der Waals surface area contributed by atoms with Gasteiger partial charge in [0.15, 0.2) is 0 Å². The number of hydrogen-bond acceptors (Lipinski definition) is 2. The molecule has 1 aliphatic carbocycles. The van der Waals surface area contributed by atoms with Crippen molar-refractivity contribution < 1.29 is 4.74 Å². The number of aromatic nitrogens is 1. The molecule has 0 saturated heterocycles. The zero-order chi connectivity index (χ0) is 15.2. The fourth-order valence-corrected chi connectivity index (χ4v) is 3.56. The molecule has 0 aliphatic heterocycles. The fraction of sp³-hybridized carbons (Fsp3) is 0.450. The van der Waals surface area contributed by atoms with E-state index in [0.29, 0.717) is 0 Å². The molecular weight excluding hydrogens is 270 g/mol. The van der Waals surface area contributed by atoms with Crippen molar-refractivity contribution in [2.75, 3.05) is 7.11 Å². The molecule has 0 bridgehead atoms. The second kappa shape index (κ2) is 7.44. The largest absolute Gasteiger partial charge is 0.497 e. The van der Waals surface area contributed by atoms with Crippen LogP contribution < -0.4 is 4.74 Å². The van der Waals surface area contributed by atoms with E-state index in [-0.39, 0.29) is 0 Å². The van der Waals surface area contributed by atoms with Gasteiger partial charge in [-0.05, 0) is 48.8 Å². The summed E-state index contributed by atoms with van der Waals surface area (Å²) in [6, 6.07) is 12.9. The molecule has 2 nitrogen and oxygen atoms in total. The molecule has 0 unspecified atom stereocenters. The SMILES string of the molecule is COc1ccnc(CCc2ccccc2C2CCCCC2)c1. The summed E-state index contributed by atoms with van der Waals surface area (Å²) in [4.78, 5) is 4.46. The van der Waals surface area contributed by atoms with Crippen molar-refractivity contribution >= 4 is 0 Å². The van der Waals surface area contributed by atoms with Crippen LogP contribution in [0.1, 0.15) is 54.8 Å². The molecule has 1 aliphatic rings. The van der Waals surface area contributed by atoms with Gasteiger partial charge in [0.25, 0.3) is 0 Å². The van der Waals surface area contributed by atoms with E-state index in [2.05, 4.69) is 29.2 Å². The van der Waals surface area contributed by atoms with Crippen molar-refractivity contribution in [3.8, 4) is 5.75 Å². The minimum absolute atomic E-state index is 0.767. The van der Waals surface area contributed by atoms with E-state index in [9.17, 15) is 0 Å². The molecule has 2 heteroatoms. The van der Waals surface area contributed by atoms with Gasteiger partial charge in [-0.3, -0.25) is 4.98 Å². The van der Waals surface area contributed by atoms with Crippen LogP contribution >= 0.6 is 0 Å². The van der Waals surface area contributed by atoms with Crippen molar-refractivity contribution in [1.82, 2.24) is 4.98 Å². The first-order valence-electron chi connectivity index (χ1n) is 8.43. The third-order valence-corrected chi connectivity index (χ3v) is 4.77. The maximum Gasteiger partial charge on any atom is 0.122 e. The van der Waals surface area contributed by atoms with Gasteiger partial charge < -0.3 is 4.74 Å². The standard InChI is InChI=1S/C20H25NO/c1-22-19-13-14-21-18(15-19)12-11-17-9-5-6-10-20(17)16-7-3-2-4-8-16/h5-6,9-10,13-16H,2-4,7-8,11-12H2,1H3. The zero-order valence-electron chi connectivity index (χ0n) is 13.4. The molecule has 0 spiro atoms. The van der Waals surface area contributed by atoms with Gasteiger partial charge in [-0.1, -0.05) is 43.5 Å². The van der Waals surface area contributed by atoms with Crippen molar-refractivity contribution in [3.05, 3.63) is 59.4 Å². The van der Waals surface area contributed by atoms with Crippen LogP contribution in [0, 0.1) is 0 Å². The van der Waals surface area contributed by atoms with Crippen LogP contribution in [0.2, 0.25) is 0 Å². The number of benzene rings is 1. The van der Waals surface area contributed by atoms with Crippen LogP contribution in [0.3, 0.4) is 0 Å². The van der Waals surface area contributed by atoms with E-state index in [1.54, 1.807) is 12.7 Å². The number of aryl methyl sites for hydroxylation is 2. The van der Waals surface area contributed by atoms with Crippen LogP contribution in [0.15, 0.2) is 42.6 Å². The highest BCUT2D eigenvalue weighted by Crippen LogP contribution is 2.34. The lowest BCUT2D eigenvalue weighted by atomic mass is 9.81. The summed E-state index contributed by atoms with van der Waals surface area (Å²) < 4.78 is 5.29. The Bertz CT molecular complexity index is 602. The van der Waals surface area contributed by atoms with Crippen molar-refractivity contribution in [2.45, 2.75) is 50.9 Å². The fourth-order valence-electron chi connectivity index (χ4n) is 3.56. The summed E-state index contributed by atoms with van der Waals surface area (Å²) >= 11 is 0. The first kappa shape index (κ1) is 15.1. The van der Waals surface area contributed by atoms with Crippen molar-refractivity contribution in [3.63, 3.8) is 0 Å². The van der Waals surface area contributed by atoms with E-state index >= 15 is 0 Å². The Morgan fingerprint density at radius 2 is 1.86 bits per heavy atom. The number of methoxy groups -OCH3 is 1. The second-order valence-corrected chi connectivity index (χ2v) is 6.22. The Labute approximate surface area is 133 Å². The van der Waals surface area contributed by atoms with Gasteiger partial charge in [0, 0.05) is 18.0 Å². The average molecular weight is 295 g/mol. The molecule has 1 aromatic carbocycles. The maximum atomic E-state index is 5.29. The van der Waals surface area contributed by atoms with Gasteiger partial charge >= 0.3 is 0 Å². The summed E-state index contributed by atoms with van der Waals surface area (Å²) in [7, 11) is 1.71. The number of nitrogens with zero attached hydrogens (tertiary/aromatic N) is 1. The van der Waals surface area contributed by atoms with E-state index in [4.69, 9.17) is 4.74 Å². The number of pyridine rings is 1.